The van der Waals surface area contributed by atoms with Gasteiger partial charge in [0.2, 0.25) is 0 Å². The van der Waals surface area contributed by atoms with Gasteiger partial charge in [-0.2, -0.15) is 5.26 Å². The van der Waals surface area contributed by atoms with Crippen molar-refractivity contribution in [2.75, 3.05) is 0 Å². The van der Waals surface area contributed by atoms with Gasteiger partial charge in [-0.1, -0.05) is 24.8 Å². The molecule has 10 heavy (non-hydrogen) atoms. The molecule has 0 aliphatic heterocycles. The Morgan fingerprint density at radius 1 is 1.50 bits per heavy atom. The quantitative estimate of drug-likeness (QED) is 0.567. The van der Waals surface area contributed by atoms with Crippen LogP contribution in [0.25, 0.3) is 6.08 Å². The van der Waals surface area contributed by atoms with Crippen LogP contribution in [0.1, 0.15) is 11.1 Å². The van der Waals surface area contributed by atoms with Gasteiger partial charge in [0, 0.05) is 0 Å². The van der Waals surface area contributed by atoms with E-state index in [2.05, 4.69) is 0 Å². The fraction of sp³-hybridized carbons (Fsp3) is 0. The summed E-state index contributed by atoms with van der Waals surface area (Å²) in [6, 6.07) is 9.16. The summed E-state index contributed by atoms with van der Waals surface area (Å²) in [6.07, 6.45) is 1.47. The lowest BCUT2D eigenvalue weighted by Gasteiger charge is -1.90. The summed E-state index contributed by atoms with van der Waals surface area (Å²) in [5.74, 6) is 0. The summed E-state index contributed by atoms with van der Waals surface area (Å²) in [6.45, 7) is 5.24. The van der Waals surface area contributed by atoms with Gasteiger partial charge in [-0.15, -0.1) is 0 Å². The van der Waals surface area contributed by atoms with E-state index in [1.165, 1.54) is 6.08 Å². The van der Waals surface area contributed by atoms with Crippen molar-refractivity contribution in [3.63, 3.8) is 0 Å². The molecule has 0 saturated carbocycles. The van der Waals surface area contributed by atoms with Crippen molar-refractivity contribution < 1.29 is 0 Å². The summed E-state index contributed by atoms with van der Waals surface area (Å²) in [7, 11) is 0. The zero-order valence-corrected chi connectivity index (χ0v) is 5.41. The Morgan fingerprint density at radius 2 is 2.30 bits per heavy atom. The highest BCUT2D eigenvalue weighted by molar-refractivity contribution is 5.49. The second-order valence-corrected chi connectivity index (χ2v) is 1.90. The number of hydrogen-bond acceptors (Lipinski definition) is 1. The van der Waals surface area contributed by atoms with Gasteiger partial charge in [0.1, 0.15) is 0 Å². The molecule has 0 unspecified atom stereocenters. The molecule has 0 saturated heterocycles. The predicted molar refractivity (Wildman–Crippen MR) is 39.9 cm³/mol. The lowest BCUT2D eigenvalue weighted by atomic mass is 10.1. The topological polar surface area (TPSA) is 23.8 Å². The van der Waals surface area contributed by atoms with E-state index in [4.69, 9.17) is 11.8 Å². The molecule has 0 aliphatic carbocycles. The Balaban J connectivity index is 3.13. The van der Waals surface area contributed by atoms with Gasteiger partial charge in [0.05, 0.1) is 11.6 Å². The third kappa shape index (κ3) is 1.24. The first kappa shape index (κ1) is 6.57. The van der Waals surface area contributed by atoms with Crippen molar-refractivity contribution in [3.05, 3.63) is 42.0 Å². The summed E-state index contributed by atoms with van der Waals surface area (Å²) in [5.41, 5.74) is 1.51. The summed E-state index contributed by atoms with van der Waals surface area (Å²) in [5, 5.41) is 8.45. The molecule has 0 aliphatic rings. The number of hydrogen-bond donors (Lipinski definition) is 0. The molecule has 1 rings (SSSR count). The Morgan fingerprint density at radius 3 is 2.90 bits per heavy atom. The molecular formula is C9H6N. The second kappa shape index (κ2) is 2.84. The molecule has 0 fully saturated rings. The third-order valence-corrected chi connectivity index (χ3v) is 1.21. The van der Waals surface area contributed by atoms with Crippen LogP contribution >= 0.6 is 0 Å². The molecule has 0 spiro atoms. The molecule has 1 nitrogen and oxygen atoms in total. The van der Waals surface area contributed by atoms with E-state index in [1.54, 1.807) is 18.2 Å². The molecule has 0 bridgehead atoms. The van der Waals surface area contributed by atoms with Crippen LogP contribution in [-0.4, -0.2) is 0 Å². The van der Waals surface area contributed by atoms with Crippen molar-refractivity contribution in [1.82, 2.24) is 0 Å². The van der Waals surface area contributed by atoms with Gasteiger partial charge in [-0.3, -0.25) is 0 Å². The molecule has 1 radical (unpaired) electrons. The third-order valence-electron chi connectivity index (χ3n) is 1.21. The maximum atomic E-state index is 8.45. The van der Waals surface area contributed by atoms with Crippen molar-refractivity contribution in [3.8, 4) is 6.07 Å². The first-order valence-electron chi connectivity index (χ1n) is 2.92. The van der Waals surface area contributed by atoms with Crippen molar-refractivity contribution in [2.45, 2.75) is 0 Å². The van der Waals surface area contributed by atoms with E-state index in [1.807, 2.05) is 12.1 Å². The monoisotopic (exact) mass is 128 g/mol. The van der Waals surface area contributed by atoms with Gasteiger partial charge in [-0.25, -0.2) is 0 Å². The molecular weight excluding hydrogens is 122 g/mol. The molecule has 1 aromatic rings. The highest BCUT2D eigenvalue weighted by Crippen LogP contribution is 2.03. The summed E-state index contributed by atoms with van der Waals surface area (Å²) < 4.78 is 0. The normalized spacial score (nSPS) is 8.30. The molecule has 1 aromatic carbocycles. The Labute approximate surface area is 60.2 Å². The second-order valence-electron chi connectivity index (χ2n) is 1.90. The fourth-order valence-corrected chi connectivity index (χ4v) is 0.712. The first-order valence-corrected chi connectivity index (χ1v) is 2.92. The Kier molecular flexibility index (Phi) is 1.86. The van der Waals surface area contributed by atoms with E-state index < -0.39 is 0 Å². The fourth-order valence-electron chi connectivity index (χ4n) is 0.712. The van der Waals surface area contributed by atoms with E-state index in [0.29, 0.717) is 5.56 Å². The molecule has 0 aromatic heterocycles. The van der Waals surface area contributed by atoms with Crippen LogP contribution in [0.3, 0.4) is 0 Å². The molecule has 0 amide bonds. The van der Waals surface area contributed by atoms with Gasteiger partial charge in [-0.05, 0) is 17.7 Å². The van der Waals surface area contributed by atoms with E-state index in [0.717, 1.165) is 5.56 Å². The van der Waals surface area contributed by atoms with Gasteiger partial charge < -0.3 is 0 Å². The predicted octanol–water partition coefficient (Wildman–Crippen LogP) is 2.00. The molecule has 1 heteroatoms. The standard InChI is InChI=1S/C9H6N/c1-2-8-4-3-5-9(6-8)7-10/h1-6H. The minimum absolute atomic E-state index is 0.638. The van der Waals surface area contributed by atoms with Crippen molar-refractivity contribution in [1.29, 1.82) is 5.26 Å². The number of nitriles is 1. The van der Waals surface area contributed by atoms with Crippen LogP contribution in [0, 0.1) is 17.9 Å². The largest absolute Gasteiger partial charge is 0.192 e. The average Bonchev–Trinajstić information content (AvgIpc) is 2.05. The van der Waals surface area contributed by atoms with Gasteiger partial charge in [0.15, 0.2) is 0 Å². The first-order chi connectivity index (χ1) is 4.86. The zero-order valence-electron chi connectivity index (χ0n) is 5.41. The lowest BCUT2D eigenvalue weighted by Crippen LogP contribution is -1.74. The Hall–Kier alpha value is -1.55. The number of nitrogens with zero attached hydrogens (tertiary/aromatic N) is 1. The van der Waals surface area contributed by atoms with Gasteiger partial charge in [0.25, 0.3) is 0 Å². The molecule has 0 atom stereocenters. The lowest BCUT2D eigenvalue weighted by molar-refractivity contribution is 1.48. The van der Waals surface area contributed by atoms with Crippen LogP contribution in [0.5, 0.6) is 0 Å². The highest BCUT2D eigenvalue weighted by Gasteiger charge is 1.88. The minimum Gasteiger partial charge on any atom is -0.192 e. The Bertz CT molecular complexity index is 281. The van der Waals surface area contributed by atoms with E-state index in [9.17, 15) is 0 Å². The number of rotatable bonds is 1. The van der Waals surface area contributed by atoms with E-state index in [-0.39, 0.29) is 0 Å². The molecule has 47 valence electrons. The number of benzene rings is 1. The maximum Gasteiger partial charge on any atom is 0.0991 e. The van der Waals surface area contributed by atoms with Crippen LogP contribution in [-0.2, 0) is 0 Å². The summed E-state index contributed by atoms with van der Waals surface area (Å²) in [4.78, 5) is 0. The van der Waals surface area contributed by atoms with Crippen LogP contribution in [0.15, 0.2) is 24.3 Å². The van der Waals surface area contributed by atoms with E-state index >= 15 is 0 Å². The van der Waals surface area contributed by atoms with Crippen LogP contribution in [0.4, 0.5) is 0 Å². The summed E-state index contributed by atoms with van der Waals surface area (Å²) >= 11 is 0. The molecule has 0 N–H and O–H groups in total. The highest BCUT2D eigenvalue weighted by atomic mass is 14.2. The molecule has 0 heterocycles. The van der Waals surface area contributed by atoms with Gasteiger partial charge >= 0.3 is 0 Å². The zero-order chi connectivity index (χ0) is 7.40. The smallest absolute Gasteiger partial charge is 0.0991 e. The SMILES string of the molecule is [CH]=Cc1cccc(C#N)c1. The van der Waals surface area contributed by atoms with Crippen LogP contribution < -0.4 is 0 Å². The van der Waals surface area contributed by atoms with Crippen LogP contribution in [0.2, 0.25) is 0 Å². The minimum atomic E-state index is 0.638. The average molecular weight is 128 g/mol. The maximum absolute atomic E-state index is 8.45. The van der Waals surface area contributed by atoms with Crippen molar-refractivity contribution >= 4 is 6.08 Å². The van der Waals surface area contributed by atoms with Crippen molar-refractivity contribution in [2.24, 2.45) is 0 Å².